The Morgan fingerprint density at radius 1 is 1.20 bits per heavy atom. The maximum Gasteiger partial charge on any atom is 0.203 e. The number of ketones is 1. The second-order valence-corrected chi connectivity index (χ2v) is 4.66. The molecule has 0 aliphatic rings. The summed E-state index contributed by atoms with van der Waals surface area (Å²) in [5.41, 5.74) is 1.13. The minimum Gasteiger partial charge on any atom is -0.482 e. The topological polar surface area (TPSA) is 26.3 Å². The Kier molecular flexibility index (Phi) is 4.51. The van der Waals surface area contributed by atoms with E-state index in [9.17, 15) is 9.18 Å². The number of ether oxygens (including phenoxy) is 1. The Morgan fingerprint density at radius 3 is 2.50 bits per heavy atom. The molecule has 0 heterocycles. The fraction of sp³-hybridized carbons (Fsp3) is 0.235. The molecule has 0 aliphatic heterocycles. The van der Waals surface area contributed by atoms with E-state index in [0.29, 0.717) is 23.3 Å². The highest BCUT2D eigenvalue weighted by molar-refractivity contribution is 5.99. The highest BCUT2D eigenvalue weighted by Crippen LogP contribution is 2.19. The molecular formula is C17H17FO2. The minimum absolute atomic E-state index is 0.0601. The van der Waals surface area contributed by atoms with Crippen LogP contribution < -0.4 is 4.74 Å². The highest BCUT2D eigenvalue weighted by atomic mass is 19.1. The van der Waals surface area contributed by atoms with Crippen LogP contribution in [0.15, 0.2) is 48.5 Å². The van der Waals surface area contributed by atoms with Crippen molar-refractivity contribution in [1.82, 2.24) is 0 Å². The van der Waals surface area contributed by atoms with Gasteiger partial charge in [0.2, 0.25) is 5.78 Å². The van der Waals surface area contributed by atoms with Gasteiger partial charge in [-0.05, 0) is 37.1 Å². The fourth-order valence-corrected chi connectivity index (χ4v) is 1.97. The molecule has 1 unspecified atom stereocenters. The van der Waals surface area contributed by atoms with Crippen molar-refractivity contribution in [2.75, 3.05) is 0 Å². The average molecular weight is 272 g/mol. The van der Waals surface area contributed by atoms with E-state index < -0.39 is 6.10 Å². The van der Waals surface area contributed by atoms with Crippen LogP contribution >= 0.6 is 0 Å². The molecule has 0 bridgehead atoms. The summed E-state index contributed by atoms with van der Waals surface area (Å²) in [5, 5.41) is 0. The molecule has 0 saturated heterocycles. The van der Waals surface area contributed by atoms with Crippen molar-refractivity contribution in [3.8, 4) is 5.75 Å². The summed E-state index contributed by atoms with van der Waals surface area (Å²) in [6, 6.07) is 13.5. The highest BCUT2D eigenvalue weighted by Gasteiger charge is 2.20. The first-order valence-corrected chi connectivity index (χ1v) is 6.64. The van der Waals surface area contributed by atoms with Gasteiger partial charge in [0.15, 0.2) is 6.10 Å². The van der Waals surface area contributed by atoms with Gasteiger partial charge in [-0.3, -0.25) is 4.79 Å². The molecule has 0 spiro atoms. The lowest BCUT2D eigenvalue weighted by Gasteiger charge is -2.17. The molecule has 0 N–H and O–H groups in total. The lowest BCUT2D eigenvalue weighted by molar-refractivity contribution is 0.0786. The third kappa shape index (κ3) is 3.23. The first kappa shape index (κ1) is 14.3. The summed E-state index contributed by atoms with van der Waals surface area (Å²) >= 11 is 0. The summed E-state index contributed by atoms with van der Waals surface area (Å²) in [4.78, 5) is 12.3. The molecule has 0 aromatic heterocycles. The molecule has 20 heavy (non-hydrogen) atoms. The third-order valence-corrected chi connectivity index (χ3v) is 3.13. The van der Waals surface area contributed by atoms with Crippen LogP contribution in [-0.2, 0) is 0 Å². The van der Waals surface area contributed by atoms with Gasteiger partial charge in [-0.25, -0.2) is 4.39 Å². The van der Waals surface area contributed by atoms with E-state index in [-0.39, 0.29) is 11.6 Å². The normalized spacial score (nSPS) is 11.9. The maximum absolute atomic E-state index is 13.2. The Hall–Kier alpha value is -2.16. The van der Waals surface area contributed by atoms with Gasteiger partial charge in [-0.1, -0.05) is 37.3 Å². The Balaban J connectivity index is 2.16. The van der Waals surface area contributed by atoms with Crippen LogP contribution in [0.3, 0.4) is 0 Å². The van der Waals surface area contributed by atoms with Crippen molar-refractivity contribution in [2.24, 2.45) is 0 Å². The van der Waals surface area contributed by atoms with Crippen molar-refractivity contribution >= 4 is 5.78 Å². The molecule has 0 aliphatic carbocycles. The Morgan fingerprint density at radius 2 is 1.90 bits per heavy atom. The molecule has 2 aromatic carbocycles. The number of hydrogen-bond acceptors (Lipinski definition) is 2. The molecular weight excluding hydrogens is 255 g/mol. The van der Waals surface area contributed by atoms with Gasteiger partial charge in [0.1, 0.15) is 11.6 Å². The number of carbonyl (C=O) groups excluding carboxylic acids is 1. The molecule has 2 aromatic rings. The predicted molar refractivity (Wildman–Crippen MR) is 76.6 cm³/mol. The van der Waals surface area contributed by atoms with Crippen molar-refractivity contribution in [3.05, 3.63) is 65.5 Å². The molecule has 104 valence electrons. The summed E-state index contributed by atoms with van der Waals surface area (Å²) in [7, 11) is 0. The fourth-order valence-electron chi connectivity index (χ4n) is 1.97. The SMILES string of the molecule is CCC(Oc1ccc(F)c(C)c1)C(=O)c1ccccc1. The van der Waals surface area contributed by atoms with Gasteiger partial charge in [0.25, 0.3) is 0 Å². The number of aryl methyl sites for hydroxylation is 1. The van der Waals surface area contributed by atoms with Crippen LogP contribution in [0.2, 0.25) is 0 Å². The van der Waals surface area contributed by atoms with Gasteiger partial charge in [-0.2, -0.15) is 0 Å². The van der Waals surface area contributed by atoms with Gasteiger partial charge in [0, 0.05) is 5.56 Å². The van der Waals surface area contributed by atoms with E-state index in [1.165, 1.54) is 6.07 Å². The maximum atomic E-state index is 13.2. The lowest BCUT2D eigenvalue weighted by Crippen LogP contribution is -2.26. The van der Waals surface area contributed by atoms with Crippen LogP contribution in [0.25, 0.3) is 0 Å². The molecule has 3 heteroatoms. The first-order chi connectivity index (χ1) is 9.61. The standard InChI is InChI=1S/C17H17FO2/c1-3-16(17(19)13-7-5-4-6-8-13)20-14-9-10-15(18)12(2)11-14/h4-11,16H,3H2,1-2H3. The lowest BCUT2D eigenvalue weighted by atomic mass is 10.0. The van der Waals surface area contributed by atoms with Crippen molar-refractivity contribution in [3.63, 3.8) is 0 Å². The zero-order valence-corrected chi connectivity index (χ0v) is 11.6. The van der Waals surface area contributed by atoms with Crippen LogP contribution in [0.4, 0.5) is 4.39 Å². The second kappa shape index (κ2) is 6.33. The summed E-state index contributed by atoms with van der Waals surface area (Å²) in [6.07, 6.45) is 0.00621. The van der Waals surface area contributed by atoms with Crippen molar-refractivity contribution < 1.29 is 13.9 Å². The number of rotatable bonds is 5. The third-order valence-electron chi connectivity index (χ3n) is 3.13. The quantitative estimate of drug-likeness (QED) is 0.763. The zero-order chi connectivity index (χ0) is 14.5. The molecule has 2 rings (SSSR count). The van der Waals surface area contributed by atoms with Gasteiger partial charge < -0.3 is 4.74 Å². The van der Waals surface area contributed by atoms with Gasteiger partial charge in [-0.15, -0.1) is 0 Å². The number of Topliss-reactive ketones (excluding diaryl/α,β-unsaturated/α-hetero) is 1. The van der Waals surface area contributed by atoms with Crippen LogP contribution in [0.5, 0.6) is 5.75 Å². The minimum atomic E-state index is -0.553. The monoisotopic (exact) mass is 272 g/mol. The number of benzene rings is 2. The van der Waals surface area contributed by atoms with Crippen molar-refractivity contribution in [1.29, 1.82) is 0 Å². The van der Waals surface area contributed by atoms with E-state index >= 15 is 0 Å². The van der Waals surface area contributed by atoms with Gasteiger partial charge >= 0.3 is 0 Å². The van der Waals surface area contributed by atoms with E-state index in [2.05, 4.69) is 0 Å². The second-order valence-electron chi connectivity index (χ2n) is 4.66. The van der Waals surface area contributed by atoms with Crippen LogP contribution in [0, 0.1) is 12.7 Å². The largest absolute Gasteiger partial charge is 0.482 e. The zero-order valence-electron chi connectivity index (χ0n) is 11.6. The predicted octanol–water partition coefficient (Wildman–Crippen LogP) is 4.17. The van der Waals surface area contributed by atoms with E-state index in [0.717, 1.165) is 0 Å². The van der Waals surface area contributed by atoms with Crippen molar-refractivity contribution in [2.45, 2.75) is 26.4 Å². The van der Waals surface area contributed by atoms with E-state index in [1.54, 1.807) is 31.2 Å². The van der Waals surface area contributed by atoms with Crippen LogP contribution in [-0.4, -0.2) is 11.9 Å². The summed E-state index contributed by atoms with van der Waals surface area (Å²) in [6.45, 7) is 3.56. The van der Waals surface area contributed by atoms with Crippen LogP contribution in [0.1, 0.15) is 29.3 Å². The molecule has 0 fully saturated rings. The molecule has 0 saturated carbocycles. The number of hydrogen-bond donors (Lipinski definition) is 0. The molecule has 0 radical (unpaired) electrons. The number of carbonyl (C=O) groups is 1. The number of halogens is 1. The summed E-state index contributed by atoms with van der Waals surface area (Å²) in [5.74, 6) is 0.176. The van der Waals surface area contributed by atoms with Gasteiger partial charge in [0.05, 0.1) is 0 Å². The Bertz CT molecular complexity index is 593. The van der Waals surface area contributed by atoms with E-state index in [4.69, 9.17) is 4.74 Å². The van der Waals surface area contributed by atoms with E-state index in [1.807, 2.05) is 25.1 Å². The average Bonchev–Trinajstić information content (AvgIpc) is 2.48. The molecule has 2 nitrogen and oxygen atoms in total. The first-order valence-electron chi connectivity index (χ1n) is 6.64. The molecule has 1 atom stereocenters. The Labute approximate surface area is 118 Å². The summed E-state index contributed by atoms with van der Waals surface area (Å²) < 4.78 is 18.9. The smallest absolute Gasteiger partial charge is 0.203 e. The molecule has 0 amide bonds.